The molecule has 2 saturated heterocycles. The number of carbonyl (C=O) groups excluding carboxylic acids is 1. The van der Waals surface area contributed by atoms with Crippen LogP contribution in [0.4, 0.5) is 13.2 Å². The van der Waals surface area contributed by atoms with Crippen LogP contribution in [-0.2, 0) is 19.6 Å². The van der Waals surface area contributed by atoms with Crippen molar-refractivity contribution in [3.63, 3.8) is 0 Å². The van der Waals surface area contributed by atoms with Crippen molar-refractivity contribution in [2.45, 2.75) is 43.8 Å². The van der Waals surface area contributed by atoms with E-state index in [0.29, 0.717) is 30.1 Å². The summed E-state index contributed by atoms with van der Waals surface area (Å²) >= 11 is 0. The summed E-state index contributed by atoms with van der Waals surface area (Å²) in [6.45, 7) is 8.82. The Balaban J connectivity index is 0.000000540. The van der Waals surface area contributed by atoms with Gasteiger partial charge in [-0.05, 0) is 44.5 Å². The van der Waals surface area contributed by atoms with E-state index in [0.717, 1.165) is 39.0 Å². The van der Waals surface area contributed by atoms with Crippen molar-refractivity contribution in [1.82, 2.24) is 19.4 Å². The third kappa shape index (κ3) is 8.16. The van der Waals surface area contributed by atoms with Gasteiger partial charge in [0.05, 0.1) is 11.4 Å². The second-order valence-corrected chi connectivity index (χ2v) is 10.3. The number of likely N-dealkylation sites (N-methyl/N-ethyl adjacent to an activating group) is 1. The van der Waals surface area contributed by atoms with Gasteiger partial charge < -0.3 is 15.3 Å². The Kier molecular flexibility index (Phi) is 10.5. The second-order valence-electron chi connectivity index (χ2n) is 8.42. The number of halogens is 3. The first-order chi connectivity index (χ1) is 16.4. The van der Waals surface area contributed by atoms with E-state index in [1.54, 1.807) is 30.0 Å². The Morgan fingerprint density at radius 2 is 1.77 bits per heavy atom. The van der Waals surface area contributed by atoms with Gasteiger partial charge in [-0.15, -0.1) is 0 Å². The van der Waals surface area contributed by atoms with Crippen LogP contribution in [0, 0.1) is 6.92 Å². The van der Waals surface area contributed by atoms with E-state index in [2.05, 4.69) is 17.1 Å². The van der Waals surface area contributed by atoms with E-state index in [-0.39, 0.29) is 18.5 Å². The first kappa shape index (κ1) is 29.0. The number of benzene rings is 1. The summed E-state index contributed by atoms with van der Waals surface area (Å²) in [5, 5.41) is 10.4. The largest absolute Gasteiger partial charge is 0.490 e. The van der Waals surface area contributed by atoms with Gasteiger partial charge in [0.25, 0.3) is 0 Å². The maximum absolute atomic E-state index is 13.5. The molecule has 1 amide bonds. The Hall–Kier alpha value is -2.22. The van der Waals surface area contributed by atoms with Crippen molar-refractivity contribution >= 4 is 21.9 Å². The average Bonchev–Trinajstić information content (AvgIpc) is 3.26. The molecule has 0 aliphatic carbocycles. The molecule has 198 valence electrons. The fourth-order valence-corrected chi connectivity index (χ4v) is 5.80. The Labute approximate surface area is 203 Å². The number of rotatable bonds is 7. The first-order valence-corrected chi connectivity index (χ1v) is 12.9. The molecule has 0 bridgehead atoms. The number of carboxylic acids is 1. The van der Waals surface area contributed by atoms with Gasteiger partial charge in [0.15, 0.2) is 0 Å². The number of alkyl halides is 3. The predicted octanol–water partition coefficient (Wildman–Crippen LogP) is 1.54. The van der Waals surface area contributed by atoms with Gasteiger partial charge in [-0.1, -0.05) is 25.1 Å². The lowest BCUT2D eigenvalue weighted by Crippen LogP contribution is -2.52. The maximum atomic E-state index is 13.5. The topological polar surface area (TPSA) is 110 Å². The number of sulfonamides is 1. The lowest BCUT2D eigenvalue weighted by Gasteiger charge is -2.33. The van der Waals surface area contributed by atoms with Crippen molar-refractivity contribution in [2.24, 2.45) is 0 Å². The van der Waals surface area contributed by atoms with Gasteiger partial charge >= 0.3 is 12.1 Å². The molecule has 2 fully saturated rings. The normalized spacial score (nSPS) is 19.4. The van der Waals surface area contributed by atoms with Crippen molar-refractivity contribution in [2.75, 3.05) is 52.4 Å². The van der Waals surface area contributed by atoms with Gasteiger partial charge in [-0.25, -0.2) is 13.2 Å². The fraction of sp³-hybridized carbons (Fsp3) is 0.636. The molecule has 1 unspecified atom stereocenters. The zero-order valence-electron chi connectivity index (χ0n) is 19.9. The molecule has 0 saturated carbocycles. The number of nitrogens with one attached hydrogen (secondary N) is 1. The van der Waals surface area contributed by atoms with Crippen LogP contribution in [0.3, 0.4) is 0 Å². The Bertz CT molecular complexity index is 968. The molecule has 35 heavy (non-hydrogen) atoms. The van der Waals surface area contributed by atoms with Crippen LogP contribution in [-0.4, -0.2) is 104 Å². The summed E-state index contributed by atoms with van der Waals surface area (Å²) in [6, 6.07) is 7.18. The standard InChI is InChI=1S/C20H32N4O3S.C2HF3O2/c1-3-22-12-6-8-18(22)15-24(16-20(25)23-13-10-21-11-14-23)28(26,27)19-9-5-4-7-17(19)2;3-2(4,5)1(6)7/h4-5,7,9,18,21H,3,6,8,10-16H2,1-2H3;(H,6,7). The molecule has 0 radical (unpaired) electrons. The quantitative estimate of drug-likeness (QED) is 0.559. The SMILES string of the molecule is CCN1CCCC1CN(CC(=O)N1CCNCC1)S(=O)(=O)c1ccccc1C.O=C(O)C(F)(F)F. The molecule has 1 atom stereocenters. The smallest absolute Gasteiger partial charge is 0.475 e. The van der Waals surface area contributed by atoms with Crippen LogP contribution >= 0.6 is 0 Å². The van der Waals surface area contributed by atoms with Crippen LogP contribution in [0.2, 0.25) is 0 Å². The number of likely N-dealkylation sites (tertiary alicyclic amines) is 1. The van der Waals surface area contributed by atoms with Crippen molar-refractivity contribution in [3.05, 3.63) is 29.8 Å². The molecule has 2 heterocycles. The average molecular weight is 523 g/mol. The molecule has 13 heteroatoms. The summed E-state index contributed by atoms with van der Waals surface area (Å²) < 4.78 is 60.1. The number of hydrogen-bond donors (Lipinski definition) is 2. The number of aliphatic carboxylic acids is 1. The summed E-state index contributed by atoms with van der Waals surface area (Å²) in [5.74, 6) is -2.87. The lowest BCUT2D eigenvalue weighted by molar-refractivity contribution is -0.192. The summed E-state index contributed by atoms with van der Waals surface area (Å²) in [5.41, 5.74) is 0.709. The van der Waals surface area contributed by atoms with E-state index in [1.807, 2.05) is 6.07 Å². The van der Waals surface area contributed by atoms with E-state index in [1.165, 1.54) is 4.31 Å². The summed E-state index contributed by atoms with van der Waals surface area (Å²) in [4.78, 5) is 26.1. The van der Waals surface area contributed by atoms with Crippen LogP contribution in [0.15, 0.2) is 29.2 Å². The van der Waals surface area contributed by atoms with E-state index in [9.17, 15) is 26.4 Å². The van der Waals surface area contributed by atoms with Crippen LogP contribution in [0.5, 0.6) is 0 Å². The Morgan fingerprint density at radius 1 is 1.17 bits per heavy atom. The summed E-state index contributed by atoms with van der Waals surface area (Å²) in [6.07, 6.45) is -3.04. The highest BCUT2D eigenvalue weighted by atomic mass is 32.2. The fourth-order valence-electron chi connectivity index (χ4n) is 4.15. The minimum atomic E-state index is -5.08. The zero-order valence-corrected chi connectivity index (χ0v) is 20.7. The molecule has 2 aliphatic heterocycles. The molecular weight excluding hydrogens is 489 g/mol. The molecule has 0 spiro atoms. The number of nitrogens with zero attached hydrogens (tertiary/aromatic N) is 3. The molecule has 9 nitrogen and oxygen atoms in total. The number of hydrogen-bond acceptors (Lipinski definition) is 6. The molecular formula is C22H33F3N4O5S. The first-order valence-electron chi connectivity index (χ1n) is 11.5. The molecule has 2 aliphatic rings. The number of aryl methyl sites for hydroxylation is 1. The van der Waals surface area contributed by atoms with Crippen LogP contribution in [0.1, 0.15) is 25.3 Å². The molecule has 1 aromatic carbocycles. The summed E-state index contributed by atoms with van der Waals surface area (Å²) in [7, 11) is -3.74. The zero-order chi connectivity index (χ0) is 26.2. The third-order valence-electron chi connectivity index (χ3n) is 6.05. The highest BCUT2D eigenvalue weighted by Gasteiger charge is 2.38. The van der Waals surface area contributed by atoms with Crippen molar-refractivity contribution in [3.8, 4) is 0 Å². The molecule has 0 aromatic heterocycles. The molecule has 3 rings (SSSR count). The minimum Gasteiger partial charge on any atom is -0.475 e. The van der Waals surface area contributed by atoms with Crippen molar-refractivity contribution in [1.29, 1.82) is 0 Å². The minimum absolute atomic E-state index is 0.0925. The van der Waals surface area contributed by atoms with E-state index in [4.69, 9.17) is 9.90 Å². The van der Waals surface area contributed by atoms with E-state index < -0.39 is 22.2 Å². The number of carbonyl (C=O) groups is 2. The highest BCUT2D eigenvalue weighted by Crippen LogP contribution is 2.24. The Morgan fingerprint density at radius 3 is 2.31 bits per heavy atom. The van der Waals surface area contributed by atoms with Gasteiger partial charge in [-0.3, -0.25) is 9.69 Å². The molecule has 2 N–H and O–H groups in total. The maximum Gasteiger partial charge on any atom is 0.490 e. The monoisotopic (exact) mass is 522 g/mol. The van der Waals surface area contributed by atoms with Gasteiger partial charge in [0, 0.05) is 38.8 Å². The third-order valence-corrected chi connectivity index (χ3v) is 8.03. The van der Waals surface area contributed by atoms with Crippen molar-refractivity contribution < 1.29 is 36.3 Å². The number of amides is 1. The predicted molar refractivity (Wildman–Crippen MR) is 123 cm³/mol. The lowest BCUT2D eigenvalue weighted by atomic mass is 10.2. The van der Waals surface area contributed by atoms with Crippen LogP contribution < -0.4 is 5.32 Å². The van der Waals surface area contributed by atoms with Gasteiger partial charge in [0.2, 0.25) is 15.9 Å². The van der Waals surface area contributed by atoms with Gasteiger partial charge in [-0.2, -0.15) is 17.5 Å². The van der Waals surface area contributed by atoms with Gasteiger partial charge in [0.1, 0.15) is 0 Å². The van der Waals surface area contributed by atoms with Crippen LogP contribution in [0.25, 0.3) is 0 Å². The molecule has 1 aromatic rings. The number of piperazine rings is 1. The van der Waals surface area contributed by atoms with E-state index >= 15 is 0 Å². The number of carboxylic acid groups (broad SMARTS) is 1. The second kappa shape index (κ2) is 12.7. The highest BCUT2D eigenvalue weighted by molar-refractivity contribution is 7.89.